The SMILES string of the molecule is CC(CNC(=O)OC(C)(C)C)S(=O)O. The van der Waals surface area contributed by atoms with E-state index in [2.05, 4.69) is 5.32 Å². The fourth-order valence-electron chi connectivity index (χ4n) is 0.613. The van der Waals surface area contributed by atoms with Crippen molar-refractivity contribution in [1.82, 2.24) is 5.32 Å². The van der Waals surface area contributed by atoms with Gasteiger partial charge in [0.1, 0.15) is 5.60 Å². The summed E-state index contributed by atoms with van der Waals surface area (Å²) in [5.74, 6) is 0. The molecule has 0 saturated heterocycles. The summed E-state index contributed by atoms with van der Waals surface area (Å²) in [6.45, 7) is 6.94. The second-order valence-electron chi connectivity index (χ2n) is 3.97. The molecule has 84 valence electrons. The molecule has 0 bridgehead atoms. The Kier molecular flexibility index (Phi) is 5.07. The summed E-state index contributed by atoms with van der Waals surface area (Å²) < 4.78 is 24.1. The molecule has 0 aliphatic heterocycles. The Morgan fingerprint density at radius 2 is 2.07 bits per heavy atom. The van der Waals surface area contributed by atoms with E-state index in [0.29, 0.717) is 0 Å². The zero-order valence-corrected chi connectivity index (χ0v) is 9.68. The van der Waals surface area contributed by atoms with Crippen molar-refractivity contribution in [3.8, 4) is 0 Å². The van der Waals surface area contributed by atoms with Crippen LogP contribution in [0.25, 0.3) is 0 Å². The van der Waals surface area contributed by atoms with E-state index in [1.54, 1.807) is 27.7 Å². The first-order chi connectivity index (χ1) is 6.22. The van der Waals surface area contributed by atoms with Crippen LogP contribution in [0.2, 0.25) is 0 Å². The highest BCUT2D eigenvalue weighted by Gasteiger charge is 2.17. The number of ether oxygens (including phenoxy) is 1. The summed E-state index contributed by atoms with van der Waals surface area (Å²) in [4.78, 5) is 11.1. The van der Waals surface area contributed by atoms with Crippen LogP contribution in [0.15, 0.2) is 0 Å². The zero-order valence-electron chi connectivity index (χ0n) is 8.86. The first-order valence-electron chi connectivity index (χ1n) is 4.29. The van der Waals surface area contributed by atoms with Gasteiger partial charge >= 0.3 is 6.09 Å². The van der Waals surface area contributed by atoms with Crippen molar-refractivity contribution >= 4 is 17.2 Å². The van der Waals surface area contributed by atoms with Gasteiger partial charge in [0.2, 0.25) is 0 Å². The van der Waals surface area contributed by atoms with Gasteiger partial charge in [0.05, 0.1) is 5.25 Å². The van der Waals surface area contributed by atoms with Crippen LogP contribution in [0.1, 0.15) is 27.7 Å². The van der Waals surface area contributed by atoms with Crippen LogP contribution in [0, 0.1) is 0 Å². The average molecular weight is 223 g/mol. The van der Waals surface area contributed by atoms with Crippen LogP contribution < -0.4 is 5.32 Å². The van der Waals surface area contributed by atoms with Crippen molar-refractivity contribution in [1.29, 1.82) is 0 Å². The van der Waals surface area contributed by atoms with E-state index in [-0.39, 0.29) is 6.54 Å². The molecule has 6 heteroatoms. The molecule has 5 nitrogen and oxygen atoms in total. The number of hydrogen-bond acceptors (Lipinski definition) is 3. The number of alkyl carbamates (subject to hydrolysis) is 1. The predicted octanol–water partition coefficient (Wildman–Crippen LogP) is 1.12. The second-order valence-corrected chi connectivity index (χ2v) is 5.33. The summed E-state index contributed by atoms with van der Waals surface area (Å²) in [5, 5.41) is 1.91. The minimum absolute atomic E-state index is 0.123. The van der Waals surface area contributed by atoms with Gasteiger partial charge in [0.25, 0.3) is 0 Å². The van der Waals surface area contributed by atoms with E-state index in [1.165, 1.54) is 0 Å². The lowest BCUT2D eigenvalue weighted by atomic mass is 10.2. The summed E-state index contributed by atoms with van der Waals surface area (Å²) in [6, 6.07) is 0. The van der Waals surface area contributed by atoms with Gasteiger partial charge in [0.15, 0.2) is 11.1 Å². The van der Waals surface area contributed by atoms with Gasteiger partial charge in [-0.15, -0.1) is 0 Å². The Morgan fingerprint density at radius 1 is 1.57 bits per heavy atom. The molecule has 0 rings (SSSR count). The number of amides is 1. The summed E-state index contributed by atoms with van der Waals surface area (Å²) in [6.07, 6.45) is -0.574. The molecule has 0 aromatic carbocycles. The monoisotopic (exact) mass is 223 g/mol. The van der Waals surface area contributed by atoms with Crippen molar-refractivity contribution < 1.29 is 18.3 Å². The molecule has 0 saturated carbocycles. The van der Waals surface area contributed by atoms with Crippen LogP contribution in [0.3, 0.4) is 0 Å². The molecule has 0 heterocycles. The van der Waals surface area contributed by atoms with Crippen LogP contribution in [-0.2, 0) is 15.8 Å². The molecule has 2 N–H and O–H groups in total. The summed E-state index contributed by atoms with van der Waals surface area (Å²) in [5.41, 5.74) is -0.550. The number of carbonyl (C=O) groups excluding carboxylic acids is 1. The highest BCUT2D eigenvalue weighted by atomic mass is 32.2. The molecule has 2 unspecified atom stereocenters. The van der Waals surface area contributed by atoms with E-state index >= 15 is 0 Å². The Morgan fingerprint density at radius 3 is 2.43 bits per heavy atom. The first-order valence-corrected chi connectivity index (χ1v) is 5.46. The molecule has 0 radical (unpaired) electrons. The van der Waals surface area contributed by atoms with E-state index in [4.69, 9.17) is 9.29 Å². The predicted molar refractivity (Wildman–Crippen MR) is 54.5 cm³/mol. The topological polar surface area (TPSA) is 75.6 Å². The van der Waals surface area contributed by atoms with Gasteiger partial charge < -0.3 is 14.6 Å². The largest absolute Gasteiger partial charge is 0.444 e. The smallest absolute Gasteiger partial charge is 0.407 e. The zero-order chi connectivity index (χ0) is 11.4. The minimum atomic E-state index is -1.92. The minimum Gasteiger partial charge on any atom is -0.444 e. The van der Waals surface area contributed by atoms with Gasteiger partial charge in [-0.05, 0) is 27.7 Å². The van der Waals surface area contributed by atoms with Crippen molar-refractivity contribution in [3.05, 3.63) is 0 Å². The maximum absolute atomic E-state index is 11.1. The maximum atomic E-state index is 11.1. The molecule has 0 aromatic heterocycles. The highest BCUT2D eigenvalue weighted by Crippen LogP contribution is 2.06. The number of rotatable bonds is 3. The third-order valence-electron chi connectivity index (χ3n) is 1.28. The van der Waals surface area contributed by atoms with Crippen molar-refractivity contribution in [2.75, 3.05) is 6.54 Å². The Balaban J connectivity index is 3.81. The molecule has 14 heavy (non-hydrogen) atoms. The normalized spacial score (nSPS) is 15.8. The standard InChI is InChI=1S/C8H17NO4S/c1-6(14(11)12)5-9-7(10)13-8(2,3)4/h6H,5H2,1-4H3,(H,9,10)(H,11,12). The lowest BCUT2D eigenvalue weighted by molar-refractivity contribution is 0.0528. The van der Waals surface area contributed by atoms with Gasteiger partial charge in [-0.2, -0.15) is 0 Å². The van der Waals surface area contributed by atoms with Crippen molar-refractivity contribution in [2.24, 2.45) is 0 Å². The Hall–Kier alpha value is -0.620. The second kappa shape index (κ2) is 5.31. The van der Waals surface area contributed by atoms with Crippen molar-refractivity contribution in [3.63, 3.8) is 0 Å². The molecule has 1 amide bonds. The fourth-order valence-corrected chi connectivity index (χ4v) is 0.838. The van der Waals surface area contributed by atoms with E-state index in [9.17, 15) is 9.00 Å². The van der Waals surface area contributed by atoms with E-state index < -0.39 is 28.0 Å². The van der Waals surface area contributed by atoms with E-state index in [0.717, 1.165) is 0 Å². The van der Waals surface area contributed by atoms with Gasteiger partial charge in [0, 0.05) is 6.54 Å². The third kappa shape index (κ3) is 6.85. The lowest BCUT2D eigenvalue weighted by Gasteiger charge is -2.20. The first kappa shape index (κ1) is 13.4. The average Bonchev–Trinajstić information content (AvgIpc) is 1.96. The quantitative estimate of drug-likeness (QED) is 0.703. The fraction of sp³-hybridized carbons (Fsp3) is 0.875. The molecule has 2 atom stereocenters. The number of carbonyl (C=O) groups is 1. The molecule has 0 aliphatic rings. The summed E-state index contributed by atoms with van der Waals surface area (Å²) >= 11 is -1.92. The summed E-state index contributed by atoms with van der Waals surface area (Å²) in [7, 11) is 0. The Bertz CT molecular complexity index is 224. The highest BCUT2D eigenvalue weighted by molar-refractivity contribution is 7.79. The molecular weight excluding hydrogens is 206 g/mol. The van der Waals surface area contributed by atoms with Gasteiger partial charge in [-0.1, -0.05) is 0 Å². The molecule has 0 fully saturated rings. The maximum Gasteiger partial charge on any atom is 0.407 e. The van der Waals surface area contributed by atoms with Gasteiger partial charge in [-0.3, -0.25) is 0 Å². The molecule has 0 aliphatic carbocycles. The van der Waals surface area contributed by atoms with Crippen LogP contribution in [0.5, 0.6) is 0 Å². The van der Waals surface area contributed by atoms with Crippen LogP contribution >= 0.6 is 0 Å². The molecular formula is C8H17NO4S. The number of nitrogens with one attached hydrogen (secondary N) is 1. The van der Waals surface area contributed by atoms with Crippen LogP contribution in [-0.4, -0.2) is 32.3 Å². The lowest BCUT2D eigenvalue weighted by Crippen LogP contribution is -2.37. The van der Waals surface area contributed by atoms with Crippen molar-refractivity contribution in [2.45, 2.75) is 38.5 Å². The molecule has 0 spiro atoms. The third-order valence-corrected chi connectivity index (χ3v) is 2.13. The Labute approximate surface area is 86.5 Å². The van der Waals surface area contributed by atoms with Gasteiger partial charge in [-0.25, -0.2) is 9.00 Å². The molecule has 0 aromatic rings. The van der Waals surface area contributed by atoms with E-state index in [1.807, 2.05) is 0 Å². The number of hydrogen-bond donors (Lipinski definition) is 2. The van der Waals surface area contributed by atoms with Crippen LogP contribution in [0.4, 0.5) is 4.79 Å².